The van der Waals surface area contributed by atoms with Gasteiger partial charge < -0.3 is 0 Å². The number of hydrogen-bond donors (Lipinski definition) is 0. The fourth-order valence-corrected chi connectivity index (χ4v) is 6.86. The highest BCUT2D eigenvalue weighted by atomic mass is 32.1. The molecule has 0 bridgehead atoms. The second kappa shape index (κ2) is 9.06. The van der Waals surface area contributed by atoms with Gasteiger partial charge in [-0.15, -0.1) is 11.3 Å². The number of fused-ring (bicyclic) bond motifs is 2. The maximum absolute atomic E-state index is 4.98. The summed E-state index contributed by atoms with van der Waals surface area (Å²) >= 11 is 1.90. The standard InChI is InChI=1S/C36H41NS/c1-22-26-17-18-37-31(24-19-23-13-11-12-14-27(23)29(20-24)35(5,6)7)33(26)38-32(22)28-16-15-25(34(2,3)4)21-30(28)36(8,9)10/h11-21H,1-10H3. The van der Waals surface area contributed by atoms with Crippen molar-refractivity contribution in [1.82, 2.24) is 4.98 Å². The molecule has 196 valence electrons. The smallest absolute Gasteiger partial charge is 0.0880 e. The van der Waals surface area contributed by atoms with E-state index < -0.39 is 0 Å². The lowest BCUT2D eigenvalue weighted by Gasteiger charge is -2.27. The van der Waals surface area contributed by atoms with Gasteiger partial charge in [-0.3, -0.25) is 4.98 Å². The van der Waals surface area contributed by atoms with Crippen molar-refractivity contribution in [2.45, 2.75) is 85.5 Å². The van der Waals surface area contributed by atoms with Gasteiger partial charge in [0.1, 0.15) is 0 Å². The van der Waals surface area contributed by atoms with Gasteiger partial charge in [0.05, 0.1) is 10.4 Å². The van der Waals surface area contributed by atoms with Crippen LogP contribution in [0.3, 0.4) is 0 Å². The first-order valence-corrected chi connectivity index (χ1v) is 14.5. The van der Waals surface area contributed by atoms with Crippen LogP contribution in [-0.4, -0.2) is 4.98 Å². The van der Waals surface area contributed by atoms with E-state index in [1.807, 2.05) is 17.5 Å². The maximum atomic E-state index is 4.98. The summed E-state index contributed by atoms with van der Waals surface area (Å²) in [5.74, 6) is 0. The van der Waals surface area contributed by atoms with Gasteiger partial charge in [0.2, 0.25) is 0 Å². The van der Waals surface area contributed by atoms with Crippen LogP contribution < -0.4 is 0 Å². The Balaban J connectivity index is 1.77. The zero-order chi connectivity index (χ0) is 27.6. The fraction of sp³-hybridized carbons (Fsp3) is 0.361. The van der Waals surface area contributed by atoms with Crippen LogP contribution in [0.4, 0.5) is 0 Å². The van der Waals surface area contributed by atoms with Crippen molar-refractivity contribution in [2.75, 3.05) is 0 Å². The third kappa shape index (κ3) is 4.69. The molecule has 5 rings (SSSR count). The molecule has 2 heteroatoms. The molecule has 0 fully saturated rings. The molecule has 0 saturated heterocycles. The number of hydrogen-bond acceptors (Lipinski definition) is 2. The third-order valence-corrected chi connectivity index (χ3v) is 9.08. The molecular formula is C36H41NS. The largest absolute Gasteiger partial charge is 0.255 e. The van der Waals surface area contributed by atoms with Crippen molar-refractivity contribution < 1.29 is 0 Å². The zero-order valence-corrected chi connectivity index (χ0v) is 25.5. The topological polar surface area (TPSA) is 12.9 Å². The van der Waals surface area contributed by atoms with Crippen molar-refractivity contribution in [3.63, 3.8) is 0 Å². The average molecular weight is 520 g/mol. The van der Waals surface area contributed by atoms with Crippen LogP contribution in [0.2, 0.25) is 0 Å². The number of nitrogens with zero attached hydrogens (tertiary/aromatic N) is 1. The molecule has 3 aromatic carbocycles. The minimum atomic E-state index is 0.0381. The van der Waals surface area contributed by atoms with Crippen LogP contribution >= 0.6 is 11.3 Å². The summed E-state index contributed by atoms with van der Waals surface area (Å²) in [4.78, 5) is 6.34. The lowest BCUT2D eigenvalue weighted by atomic mass is 9.78. The van der Waals surface area contributed by atoms with Crippen LogP contribution in [0.25, 0.3) is 42.6 Å². The first-order valence-electron chi connectivity index (χ1n) is 13.7. The summed E-state index contributed by atoms with van der Waals surface area (Å²) in [6, 6.07) is 22.8. The van der Waals surface area contributed by atoms with Crippen LogP contribution in [-0.2, 0) is 16.2 Å². The van der Waals surface area contributed by atoms with E-state index in [0.717, 1.165) is 5.69 Å². The number of aryl methyl sites for hydroxylation is 1. The minimum Gasteiger partial charge on any atom is -0.255 e. The second-order valence-corrected chi connectivity index (χ2v) is 14.9. The summed E-state index contributed by atoms with van der Waals surface area (Å²) in [6.45, 7) is 23.1. The Kier molecular flexibility index (Phi) is 6.35. The van der Waals surface area contributed by atoms with Crippen molar-refractivity contribution in [2.24, 2.45) is 0 Å². The molecular weight excluding hydrogens is 478 g/mol. The predicted octanol–water partition coefficient (Wildman–Crippen LogP) is 11.0. The summed E-state index contributed by atoms with van der Waals surface area (Å²) in [7, 11) is 0. The molecule has 2 aromatic heterocycles. The van der Waals surface area contributed by atoms with Gasteiger partial charge in [-0.25, -0.2) is 0 Å². The van der Waals surface area contributed by atoms with Gasteiger partial charge in [-0.2, -0.15) is 0 Å². The van der Waals surface area contributed by atoms with Crippen LogP contribution in [0.5, 0.6) is 0 Å². The molecule has 0 radical (unpaired) electrons. The molecule has 0 aliphatic heterocycles. The van der Waals surface area contributed by atoms with Gasteiger partial charge in [-0.05, 0) is 85.3 Å². The molecule has 0 N–H and O–H groups in total. The van der Waals surface area contributed by atoms with Gasteiger partial charge in [0.15, 0.2) is 0 Å². The van der Waals surface area contributed by atoms with E-state index in [4.69, 9.17) is 4.98 Å². The Hall–Kier alpha value is -2.97. The summed E-state index contributed by atoms with van der Waals surface area (Å²) in [6.07, 6.45) is 1.99. The summed E-state index contributed by atoms with van der Waals surface area (Å²) < 4.78 is 1.27. The lowest BCUT2D eigenvalue weighted by molar-refractivity contribution is 0.570. The summed E-state index contributed by atoms with van der Waals surface area (Å²) in [5, 5.41) is 3.91. The van der Waals surface area contributed by atoms with Gasteiger partial charge in [-0.1, -0.05) is 105 Å². The van der Waals surface area contributed by atoms with Crippen molar-refractivity contribution in [1.29, 1.82) is 0 Å². The number of aromatic nitrogens is 1. The molecule has 1 nitrogen and oxygen atoms in total. The predicted molar refractivity (Wildman–Crippen MR) is 169 cm³/mol. The molecule has 0 saturated carbocycles. The van der Waals surface area contributed by atoms with Crippen LogP contribution in [0, 0.1) is 6.92 Å². The Morgan fingerprint density at radius 3 is 2.00 bits per heavy atom. The fourth-order valence-electron chi connectivity index (χ4n) is 5.51. The highest BCUT2D eigenvalue weighted by molar-refractivity contribution is 7.23. The molecule has 2 heterocycles. The van der Waals surface area contributed by atoms with E-state index in [0.29, 0.717) is 0 Å². The molecule has 5 aromatic rings. The normalized spacial score (nSPS) is 13.0. The Labute approximate surface area is 233 Å². The SMILES string of the molecule is Cc1c(-c2ccc(C(C)(C)C)cc2C(C)(C)C)sc2c(-c3cc(C(C)(C)C)c4ccccc4c3)nccc12. The highest BCUT2D eigenvalue weighted by Crippen LogP contribution is 2.46. The van der Waals surface area contributed by atoms with Gasteiger partial charge in [0, 0.05) is 16.6 Å². The monoisotopic (exact) mass is 519 g/mol. The minimum absolute atomic E-state index is 0.0381. The van der Waals surface area contributed by atoms with Crippen LogP contribution in [0.15, 0.2) is 66.9 Å². The molecule has 0 unspecified atom stereocenters. The Bertz CT molecular complexity index is 1660. The highest BCUT2D eigenvalue weighted by Gasteiger charge is 2.26. The Morgan fingerprint density at radius 2 is 1.34 bits per heavy atom. The molecule has 0 aliphatic rings. The third-order valence-electron chi connectivity index (χ3n) is 7.73. The van der Waals surface area contributed by atoms with Crippen molar-refractivity contribution in [3.05, 3.63) is 89.1 Å². The van der Waals surface area contributed by atoms with Gasteiger partial charge >= 0.3 is 0 Å². The number of thiophene rings is 1. The molecule has 38 heavy (non-hydrogen) atoms. The van der Waals surface area contributed by atoms with Crippen molar-refractivity contribution >= 4 is 32.2 Å². The van der Waals surface area contributed by atoms with E-state index in [1.165, 1.54) is 59.1 Å². The first kappa shape index (κ1) is 26.6. The average Bonchev–Trinajstić information content (AvgIpc) is 3.17. The Morgan fingerprint density at radius 1 is 0.658 bits per heavy atom. The molecule has 0 amide bonds. The quantitative estimate of drug-likeness (QED) is 0.226. The van der Waals surface area contributed by atoms with E-state index in [2.05, 4.69) is 130 Å². The number of rotatable bonds is 2. The number of pyridine rings is 1. The van der Waals surface area contributed by atoms with Crippen molar-refractivity contribution in [3.8, 4) is 21.7 Å². The van der Waals surface area contributed by atoms with E-state index in [9.17, 15) is 0 Å². The van der Waals surface area contributed by atoms with E-state index >= 15 is 0 Å². The molecule has 0 aliphatic carbocycles. The lowest BCUT2D eigenvalue weighted by Crippen LogP contribution is -2.17. The zero-order valence-electron chi connectivity index (χ0n) is 24.7. The van der Waals surface area contributed by atoms with Gasteiger partial charge in [0.25, 0.3) is 0 Å². The van der Waals surface area contributed by atoms with E-state index in [1.54, 1.807) is 0 Å². The summed E-state index contributed by atoms with van der Waals surface area (Å²) in [5.41, 5.74) is 9.35. The maximum Gasteiger partial charge on any atom is 0.0880 e. The van der Waals surface area contributed by atoms with Crippen LogP contribution in [0.1, 0.15) is 84.6 Å². The molecule has 0 spiro atoms. The molecule has 0 atom stereocenters. The second-order valence-electron chi connectivity index (χ2n) is 13.8. The van der Waals surface area contributed by atoms with E-state index in [-0.39, 0.29) is 16.2 Å². The number of benzene rings is 3. The first-order chi connectivity index (χ1) is 17.7.